The van der Waals surface area contributed by atoms with Crippen LogP contribution in [0.5, 0.6) is 0 Å². The van der Waals surface area contributed by atoms with E-state index >= 15 is 0 Å². The number of hydrogen-bond acceptors (Lipinski definition) is 4. The SMILES string of the molecule is CC(C)(C)[C@H](/C=C/c1ccc(Cl)cc1Cl)N=C1NC(=S)N(c2cccc(C(=O)[O-])c2)C12CCCC2. The lowest BCUT2D eigenvalue weighted by atomic mass is 9.86. The number of nitrogens with one attached hydrogen (secondary N) is 1. The van der Waals surface area contributed by atoms with Crippen molar-refractivity contribution in [3.8, 4) is 0 Å². The maximum absolute atomic E-state index is 11.5. The van der Waals surface area contributed by atoms with Gasteiger partial charge in [0.05, 0.1) is 12.0 Å². The summed E-state index contributed by atoms with van der Waals surface area (Å²) >= 11 is 18.2. The van der Waals surface area contributed by atoms with Gasteiger partial charge < -0.3 is 20.1 Å². The highest BCUT2D eigenvalue weighted by Gasteiger charge is 2.51. The molecule has 0 bridgehead atoms. The maximum atomic E-state index is 11.5. The van der Waals surface area contributed by atoms with Gasteiger partial charge in [0.1, 0.15) is 11.4 Å². The fourth-order valence-corrected chi connectivity index (χ4v) is 5.63. The summed E-state index contributed by atoms with van der Waals surface area (Å²) in [6, 6.07) is 12.0. The first-order valence-corrected chi connectivity index (χ1v) is 12.8. The molecule has 2 fully saturated rings. The number of nitrogens with zero attached hydrogens (tertiary/aromatic N) is 2. The van der Waals surface area contributed by atoms with Gasteiger partial charge in [-0.1, -0.05) is 87.2 Å². The van der Waals surface area contributed by atoms with Gasteiger partial charge in [-0.05, 0) is 65.9 Å². The van der Waals surface area contributed by atoms with Crippen molar-refractivity contribution in [3.05, 3.63) is 69.7 Å². The summed E-state index contributed by atoms with van der Waals surface area (Å²) in [6.45, 7) is 6.43. The molecule has 4 rings (SSSR count). The Kier molecular flexibility index (Phi) is 7.28. The van der Waals surface area contributed by atoms with Crippen LogP contribution in [0.4, 0.5) is 5.69 Å². The van der Waals surface area contributed by atoms with E-state index in [0.29, 0.717) is 15.2 Å². The van der Waals surface area contributed by atoms with E-state index in [1.165, 1.54) is 6.07 Å². The predicted molar refractivity (Wildman–Crippen MR) is 146 cm³/mol. The van der Waals surface area contributed by atoms with Gasteiger partial charge in [-0.15, -0.1) is 0 Å². The average molecular weight is 530 g/mol. The topological polar surface area (TPSA) is 67.8 Å². The fourth-order valence-electron chi connectivity index (χ4n) is 4.78. The minimum Gasteiger partial charge on any atom is -0.545 e. The zero-order chi connectivity index (χ0) is 25.4. The van der Waals surface area contributed by atoms with Crippen molar-refractivity contribution in [2.75, 3.05) is 4.90 Å². The molecule has 1 N–H and O–H groups in total. The van der Waals surface area contributed by atoms with Crippen LogP contribution in [-0.4, -0.2) is 28.5 Å². The minimum absolute atomic E-state index is 0.124. The molecule has 35 heavy (non-hydrogen) atoms. The molecule has 1 aliphatic heterocycles. The van der Waals surface area contributed by atoms with Crippen LogP contribution < -0.4 is 15.3 Å². The first kappa shape index (κ1) is 25.7. The molecule has 2 aromatic rings. The molecular formula is C27H28Cl2N3O2S-. The van der Waals surface area contributed by atoms with Gasteiger partial charge in [-0.2, -0.15) is 0 Å². The molecule has 5 nitrogen and oxygen atoms in total. The van der Waals surface area contributed by atoms with E-state index in [1.54, 1.807) is 18.2 Å². The fraction of sp³-hybridized carbons (Fsp3) is 0.370. The van der Waals surface area contributed by atoms with Crippen LogP contribution in [0.15, 0.2) is 53.5 Å². The van der Waals surface area contributed by atoms with Crippen molar-refractivity contribution in [2.45, 2.75) is 58.0 Å². The summed E-state index contributed by atoms with van der Waals surface area (Å²) in [5.41, 5.74) is 1.12. The number of amidine groups is 1. The molecule has 2 aromatic carbocycles. The van der Waals surface area contributed by atoms with Crippen molar-refractivity contribution in [3.63, 3.8) is 0 Å². The van der Waals surface area contributed by atoms with Crippen LogP contribution in [0.25, 0.3) is 6.08 Å². The number of carboxylic acid groups (broad SMARTS) is 1. The lowest BCUT2D eigenvalue weighted by Crippen LogP contribution is -2.48. The predicted octanol–water partition coefficient (Wildman–Crippen LogP) is 5.89. The van der Waals surface area contributed by atoms with Crippen LogP contribution in [-0.2, 0) is 0 Å². The molecule has 1 aliphatic carbocycles. The Morgan fingerprint density at radius 1 is 1.20 bits per heavy atom. The van der Waals surface area contributed by atoms with Gasteiger partial charge in [0, 0.05) is 15.7 Å². The van der Waals surface area contributed by atoms with Crippen molar-refractivity contribution in [1.29, 1.82) is 0 Å². The maximum Gasteiger partial charge on any atom is 0.179 e. The Balaban J connectivity index is 1.75. The second-order valence-electron chi connectivity index (χ2n) is 10.2. The van der Waals surface area contributed by atoms with Crippen molar-refractivity contribution in [1.82, 2.24) is 5.32 Å². The number of carbonyl (C=O) groups excluding carboxylic acids is 1. The van der Waals surface area contributed by atoms with Gasteiger partial charge in [0.2, 0.25) is 0 Å². The highest BCUT2D eigenvalue weighted by Crippen LogP contribution is 2.43. The quantitative estimate of drug-likeness (QED) is 0.490. The first-order valence-electron chi connectivity index (χ1n) is 11.7. The molecule has 0 amide bonds. The summed E-state index contributed by atoms with van der Waals surface area (Å²) in [6.07, 6.45) is 7.87. The standard InChI is InChI=1S/C27H29Cl2N3O2S/c1-26(2,3)22(12-10-17-9-11-19(28)16-21(17)29)30-24-27(13-4-5-14-27)32(25(35)31-24)20-8-6-7-18(15-20)23(33)34/h6-12,15-16,22H,4-5,13-14H2,1-3H3,(H,33,34)(H,30,31,35)/p-1/b12-10+/t22-/m0/s1. The average Bonchev–Trinajstić information content (AvgIpc) is 3.36. The Hall–Kier alpha value is -2.41. The normalized spacial score (nSPS) is 19.6. The molecule has 0 radical (unpaired) electrons. The van der Waals surface area contributed by atoms with Crippen molar-refractivity contribution in [2.24, 2.45) is 10.4 Å². The van der Waals surface area contributed by atoms with E-state index in [0.717, 1.165) is 42.8 Å². The first-order chi connectivity index (χ1) is 16.5. The highest BCUT2D eigenvalue weighted by atomic mass is 35.5. The summed E-state index contributed by atoms with van der Waals surface area (Å²) in [7, 11) is 0. The lowest BCUT2D eigenvalue weighted by Gasteiger charge is -2.36. The largest absolute Gasteiger partial charge is 0.545 e. The minimum atomic E-state index is -1.21. The molecule has 184 valence electrons. The van der Waals surface area contributed by atoms with E-state index in [-0.39, 0.29) is 17.0 Å². The van der Waals surface area contributed by atoms with Gasteiger partial charge in [-0.25, -0.2) is 0 Å². The number of benzene rings is 2. The number of hydrogen-bond donors (Lipinski definition) is 1. The number of rotatable bonds is 5. The highest BCUT2D eigenvalue weighted by molar-refractivity contribution is 7.80. The number of aromatic carboxylic acids is 1. The van der Waals surface area contributed by atoms with E-state index < -0.39 is 11.5 Å². The van der Waals surface area contributed by atoms with Gasteiger partial charge >= 0.3 is 0 Å². The molecule has 0 aromatic heterocycles. The third-order valence-electron chi connectivity index (χ3n) is 6.64. The Labute approximate surface area is 221 Å². The molecular weight excluding hydrogens is 501 g/mol. The van der Waals surface area contributed by atoms with Gasteiger partial charge in [0.15, 0.2) is 5.11 Å². The molecule has 1 atom stereocenters. The molecule has 2 aliphatic rings. The van der Waals surface area contributed by atoms with Gasteiger partial charge in [-0.3, -0.25) is 4.99 Å². The molecule has 1 saturated carbocycles. The van der Waals surface area contributed by atoms with E-state index in [1.807, 2.05) is 29.2 Å². The molecule has 1 saturated heterocycles. The van der Waals surface area contributed by atoms with Gasteiger partial charge in [0.25, 0.3) is 0 Å². The van der Waals surface area contributed by atoms with Crippen molar-refractivity contribution < 1.29 is 9.90 Å². The molecule has 0 unspecified atom stereocenters. The third-order valence-corrected chi connectivity index (χ3v) is 7.49. The summed E-state index contributed by atoms with van der Waals surface area (Å²) in [4.78, 5) is 18.7. The molecule has 1 heterocycles. The smallest absolute Gasteiger partial charge is 0.179 e. The summed E-state index contributed by atoms with van der Waals surface area (Å²) < 4.78 is 0. The third kappa shape index (κ3) is 5.25. The number of aliphatic imine (C=N–C) groups is 1. The molecule has 8 heteroatoms. The number of carbonyl (C=O) groups is 1. The zero-order valence-electron chi connectivity index (χ0n) is 20.0. The number of halogens is 2. The zero-order valence-corrected chi connectivity index (χ0v) is 22.3. The summed E-state index contributed by atoms with van der Waals surface area (Å²) in [5.74, 6) is -0.385. The van der Waals surface area contributed by atoms with Crippen molar-refractivity contribution >= 4 is 64.1 Å². The lowest BCUT2D eigenvalue weighted by molar-refractivity contribution is -0.255. The number of anilines is 1. The second-order valence-corrected chi connectivity index (χ2v) is 11.4. The monoisotopic (exact) mass is 528 g/mol. The van der Waals surface area contributed by atoms with Crippen LogP contribution in [0.2, 0.25) is 10.0 Å². The van der Waals surface area contributed by atoms with Crippen LogP contribution in [0.1, 0.15) is 62.4 Å². The van der Waals surface area contributed by atoms with E-state index in [2.05, 4.69) is 32.2 Å². The molecule has 1 spiro atoms. The van der Waals surface area contributed by atoms with E-state index in [9.17, 15) is 9.90 Å². The Bertz CT molecular complexity index is 1210. The summed E-state index contributed by atoms with van der Waals surface area (Å²) in [5, 5.41) is 16.6. The van der Waals surface area contributed by atoms with E-state index in [4.69, 9.17) is 40.4 Å². The second kappa shape index (κ2) is 9.92. The number of thiocarbonyl (C=S) groups is 1. The van der Waals surface area contributed by atoms with Crippen LogP contribution >= 0.6 is 35.4 Å². The Morgan fingerprint density at radius 3 is 2.54 bits per heavy atom. The number of carboxylic acids is 1. The van der Waals surface area contributed by atoms with Crippen LogP contribution in [0.3, 0.4) is 0 Å². The Morgan fingerprint density at radius 2 is 1.91 bits per heavy atom. The van der Waals surface area contributed by atoms with Crippen LogP contribution in [0, 0.1) is 5.41 Å².